The first-order valence-electron chi connectivity index (χ1n) is 8.76. The minimum absolute atomic E-state index is 0.0213. The summed E-state index contributed by atoms with van der Waals surface area (Å²) in [6.45, 7) is -0.0606. The normalized spacial score (nSPS) is 28.8. The molecule has 3 amide bonds. The number of hydrogen-bond donors (Lipinski definition) is 1. The van der Waals surface area contributed by atoms with E-state index in [4.69, 9.17) is 0 Å². The van der Waals surface area contributed by atoms with E-state index in [1.807, 2.05) is 12.2 Å². The van der Waals surface area contributed by atoms with Crippen molar-refractivity contribution in [1.29, 1.82) is 0 Å². The lowest BCUT2D eigenvalue weighted by atomic mass is 9.85. The Kier molecular flexibility index (Phi) is 4.09. The fourth-order valence-electron chi connectivity index (χ4n) is 4.39. The Bertz CT molecular complexity index is 819. The lowest BCUT2D eigenvalue weighted by molar-refractivity contribution is -0.141. The van der Waals surface area contributed by atoms with Crippen LogP contribution < -0.4 is 5.32 Å². The summed E-state index contributed by atoms with van der Waals surface area (Å²) in [4.78, 5) is 38.3. The van der Waals surface area contributed by atoms with Crippen molar-refractivity contribution in [3.8, 4) is 0 Å². The molecule has 5 nitrogen and oxygen atoms in total. The molecule has 27 heavy (non-hydrogen) atoms. The second kappa shape index (κ2) is 6.21. The van der Waals surface area contributed by atoms with Crippen LogP contribution in [0.1, 0.15) is 18.4 Å². The Hall–Kier alpha value is -2.64. The zero-order valence-corrected chi connectivity index (χ0v) is 14.2. The van der Waals surface area contributed by atoms with Gasteiger partial charge in [-0.25, -0.2) is 0 Å². The molecule has 2 fully saturated rings. The summed E-state index contributed by atoms with van der Waals surface area (Å²) in [6, 6.07) is 4.32. The number of allylic oxidation sites excluding steroid dienone is 2. The van der Waals surface area contributed by atoms with Crippen molar-refractivity contribution in [3.05, 3.63) is 42.0 Å². The molecule has 2 aliphatic carbocycles. The van der Waals surface area contributed by atoms with Gasteiger partial charge in [0.1, 0.15) is 0 Å². The predicted molar refractivity (Wildman–Crippen MR) is 89.1 cm³/mol. The van der Waals surface area contributed by atoms with Gasteiger partial charge in [0.25, 0.3) is 0 Å². The molecular formula is C19H17F3N2O3. The first-order chi connectivity index (χ1) is 12.8. The van der Waals surface area contributed by atoms with E-state index in [9.17, 15) is 27.6 Å². The van der Waals surface area contributed by atoms with Crippen molar-refractivity contribution in [2.75, 3.05) is 11.9 Å². The molecule has 1 N–H and O–H groups in total. The van der Waals surface area contributed by atoms with Crippen molar-refractivity contribution in [2.45, 2.75) is 19.0 Å². The molecule has 1 aliphatic heterocycles. The highest BCUT2D eigenvalue weighted by atomic mass is 19.4. The largest absolute Gasteiger partial charge is 0.416 e. The van der Waals surface area contributed by atoms with Gasteiger partial charge in [-0.1, -0.05) is 18.2 Å². The maximum atomic E-state index is 12.7. The van der Waals surface area contributed by atoms with E-state index in [0.717, 1.165) is 23.5 Å². The molecule has 8 heteroatoms. The van der Waals surface area contributed by atoms with Crippen molar-refractivity contribution < 1.29 is 27.6 Å². The van der Waals surface area contributed by atoms with Gasteiger partial charge in [0.05, 0.1) is 17.4 Å². The average molecular weight is 378 g/mol. The predicted octanol–water partition coefficient (Wildman–Crippen LogP) is 2.84. The monoisotopic (exact) mass is 378 g/mol. The van der Waals surface area contributed by atoms with Crippen molar-refractivity contribution >= 4 is 23.4 Å². The lowest BCUT2D eigenvalue weighted by Crippen LogP contribution is -2.35. The molecule has 1 aromatic carbocycles. The minimum atomic E-state index is -4.50. The Morgan fingerprint density at radius 1 is 1.11 bits per heavy atom. The fourth-order valence-corrected chi connectivity index (χ4v) is 4.39. The smallest absolute Gasteiger partial charge is 0.326 e. The summed E-state index contributed by atoms with van der Waals surface area (Å²) in [5, 5.41) is 2.39. The molecule has 2 bridgehead atoms. The van der Waals surface area contributed by atoms with Crippen LogP contribution in [0, 0.1) is 23.7 Å². The molecule has 0 unspecified atom stereocenters. The number of amides is 3. The average Bonchev–Trinajstić information content (AvgIpc) is 3.27. The highest BCUT2D eigenvalue weighted by Crippen LogP contribution is 2.52. The molecule has 4 rings (SSSR count). The number of imide groups is 1. The van der Waals surface area contributed by atoms with Gasteiger partial charge in [0.15, 0.2) is 0 Å². The quantitative estimate of drug-likeness (QED) is 0.647. The van der Waals surface area contributed by atoms with E-state index in [1.165, 1.54) is 12.1 Å². The maximum Gasteiger partial charge on any atom is 0.416 e. The van der Waals surface area contributed by atoms with Gasteiger partial charge in [-0.05, 0) is 36.5 Å². The third-order valence-corrected chi connectivity index (χ3v) is 5.60. The van der Waals surface area contributed by atoms with E-state index >= 15 is 0 Å². The zero-order valence-electron chi connectivity index (χ0n) is 14.2. The van der Waals surface area contributed by atoms with Crippen LogP contribution >= 0.6 is 0 Å². The summed E-state index contributed by atoms with van der Waals surface area (Å²) in [7, 11) is 0. The van der Waals surface area contributed by atoms with E-state index in [-0.39, 0.29) is 54.1 Å². The van der Waals surface area contributed by atoms with Crippen molar-refractivity contribution in [1.82, 2.24) is 4.90 Å². The van der Waals surface area contributed by atoms with Crippen LogP contribution in [0.15, 0.2) is 36.4 Å². The molecular weight excluding hydrogens is 361 g/mol. The SMILES string of the molecule is O=C(CCN1C(=O)[C@@H]2[C@H](C1=O)[C@H]1C=C[C@H]2C1)Nc1cccc(C(F)(F)F)c1. The summed E-state index contributed by atoms with van der Waals surface area (Å²) in [5.74, 6) is -1.48. The number of hydrogen-bond acceptors (Lipinski definition) is 3. The first-order valence-corrected chi connectivity index (χ1v) is 8.76. The number of benzene rings is 1. The number of anilines is 1. The van der Waals surface area contributed by atoms with Crippen LogP contribution in [0.2, 0.25) is 0 Å². The number of rotatable bonds is 4. The molecule has 1 saturated carbocycles. The third-order valence-electron chi connectivity index (χ3n) is 5.60. The molecule has 1 heterocycles. The Labute approximate surface area is 153 Å². The molecule has 1 saturated heterocycles. The Balaban J connectivity index is 1.37. The van der Waals surface area contributed by atoms with Gasteiger partial charge in [-0.3, -0.25) is 19.3 Å². The van der Waals surface area contributed by atoms with Gasteiger partial charge in [-0.2, -0.15) is 13.2 Å². The summed E-state index contributed by atoms with van der Waals surface area (Å²) in [6.07, 6.45) is 0.147. The van der Waals surface area contributed by atoms with Gasteiger partial charge in [-0.15, -0.1) is 0 Å². The van der Waals surface area contributed by atoms with Crippen LogP contribution in [0.5, 0.6) is 0 Å². The van der Waals surface area contributed by atoms with Crippen LogP contribution in [0.25, 0.3) is 0 Å². The van der Waals surface area contributed by atoms with Gasteiger partial charge in [0, 0.05) is 18.7 Å². The van der Waals surface area contributed by atoms with Gasteiger partial charge in [0.2, 0.25) is 17.7 Å². The van der Waals surface area contributed by atoms with E-state index < -0.39 is 17.6 Å². The van der Waals surface area contributed by atoms with Gasteiger partial charge < -0.3 is 5.32 Å². The molecule has 0 spiro atoms. The second-order valence-electron chi connectivity index (χ2n) is 7.20. The number of likely N-dealkylation sites (tertiary alicyclic amines) is 1. The topological polar surface area (TPSA) is 66.5 Å². The Morgan fingerprint density at radius 3 is 2.33 bits per heavy atom. The highest BCUT2D eigenvalue weighted by molar-refractivity contribution is 6.06. The fraction of sp³-hybridized carbons (Fsp3) is 0.421. The number of halogens is 3. The number of carbonyl (C=O) groups excluding carboxylic acids is 3. The highest BCUT2D eigenvalue weighted by Gasteiger charge is 2.59. The molecule has 142 valence electrons. The van der Waals surface area contributed by atoms with Gasteiger partial charge >= 0.3 is 6.18 Å². The van der Waals surface area contributed by atoms with Crippen molar-refractivity contribution in [3.63, 3.8) is 0 Å². The minimum Gasteiger partial charge on any atom is -0.326 e. The molecule has 0 aromatic heterocycles. The number of nitrogens with zero attached hydrogens (tertiary/aromatic N) is 1. The number of carbonyl (C=O) groups is 3. The summed E-state index contributed by atoms with van der Waals surface area (Å²) >= 11 is 0. The summed E-state index contributed by atoms with van der Waals surface area (Å²) < 4.78 is 38.2. The maximum absolute atomic E-state index is 12.7. The lowest BCUT2D eigenvalue weighted by Gasteiger charge is -2.17. The van der Waals surface area contributed by atoms with E-state index in [1.54, 1.807) is 0 Å². The molecule has 4 atom stereocenters. The summed E-state index contributed by atoms with van der Waals surface area (Å²) in [5.41, 5.74) is -0.839. The van der Waals surface area contributed by atoms with Crippen LogP contribution in [0.3, 0.4) is 0 Å². The van der Waals surface area contributed by atoms with E-state index in [2.05, 4.69) is 5.32 Å². The molecule has 1 aromatic rings. The number of nitrogens with one attached hydrogen (secondary N) is 1. The number of alkyl halides is 3. The second-order valence-corrected chi connectivity index (χ2v) is 7.20. The Morgan fingerprint density at radius 2 is 1.74 bits per heavy atom. The standard InChI is InChI=1S/C19H17F3N2O3/c20-19(21,22)12-2-1-3-13(9-12)23-14(25)6-7-24-17(26)15-10-4-5-11(8-10)16(15)18(24)27/h1-5,9-11,15-16H,6-8H2,(H,23,25)/t10-,11-,15-,16+/m0/s1. The van der Waals surface area contributed by atoms with Crippen LogP contribution in [0.4, 0.5) is 18.9 Å². The van der Waals surface area contributed by atoms with Crippen LogP contribution in [-0.4, -0.2) is 29.2 Å². The molecule has 3 aliphatic rings. The van der Waals surface area contributed by atoms with Crippen molar-refractivity contribution in [2.24, 2.45) is 23.7 Å². The molecule has 0 radical (unpaired) electrons. The zero-order chi connectivity index (χ0) is 19.3. The first kappa shape index (κ1) is 17.8. The third kappa shape index (κ3) is 3.02. The number of fused-ring (bicyclic) bond motifs is 5. The van der Waals surface area contributed by atoms with E-state index in [0.29, 0.717) is 0 Å². The van der Waals surface area contributed by atoms with Crippen LogP contribution in [-0.2, 0) is 20.6 Å².